The average Bonchev–Trinajstić information content (AvgIpc) is 2.61. The minimum atomic E-state index is -0.418. The van der Waals surface area contributed by atoms with Gasteiger partial charge in [0.15, 0.2) is 6.61 Å². The Bertz CT molecular complexity index is 884. The van der Waals surface area contributed by atoms with Crippen LogP contribution in [0.15, 0.2) is 72.8 Å². The van der Waals surface area contributed by atoms with E-state index in [0.29, 0.717) is 16.5 Å². The van der Waals surface area contributed by atoms with E-state index in [9.17, 15) is 9.18 Å². The minimum Gasteiger partial charge on any atom is -0.482 e. The summed E-state index contributed by atoms with van der Waals surface area (Å²) in [7, 11) is 0. The van der Waals surface area contributed by atoms with Crippen LogP contribution in [0.5, 0.6) is 5.75 Å². The van der Waals surface area contributed by atoms with Crippen molar-refractivity contribution in [2.24, 2.45) is 0 Å². The Morgan fingerprint density at radius 2 is 1.76 bits per heavy atom. The van der Waals surface area contributed by atoms with Crippen LogP contribution in [0.1, 0.15) is 0 Å². The standard InChI is InChI=1S/C20H15ClFNO2/c21-18-11-15(14-5-2-1-3-6-14)9-10-19(18)25-13-20(24)23-17-8-4-7-16(22)12-17/h1-12H,13H2,(H,23,24). The third kappa shape index (κ3) is 4.58. The summed E-state index contributed by atoms with van der Waals surface area (Å²) >= 11 is 6.24. The van der Waals surface area contributed by atoms with Gasteiger partial charge in [0, 0.05) is 5.69 Å². The van der Waals surface area contributed by atoms with Gasteiger partial charge in [-0.15, -0.1) is 0 Å². The topological polar surface area (TPSA) is 38.3 Å². The molecule has 0 aliphatic carbocycles. The lowest BCUT2D eigenvalue weighted by molar-refractivity contribution is -0.118. The Labute approximate surface area is 150 Å². The second kappa shape index (κ2) is 7.81. The molecular weight excluding hydrogens is 341 g/mol. The molecule has 0 saturated heterocycles. The van der Waals surface area contributed by atoms with Gasteiger partial charge in [0.05, 0.1) is 5.02 Å². The van der Waals surface area contributed by atoms with Gasteiger partial charge >= 0.3 is 0 Å². The number of hydrogen-bond donors (Lipinski definition) is 1. The van der Waals surface area contributed by atoms with Crippen molar-refractivity contribution in [3.63, 3.8) is 0 Å². The summed E-state index contributed by atoms with van der Waals surface area (Å²) in [5, 5.41) is 2.98. The second-order valence-electron chi connectivity index (χ2n) is 5.36. The van der Waals surface area contributed by atoms with Crippen molar-refractivity contribution in [1.29, 1.82) is 0 Å². The van der Waals surface area contributed by atoms with Gasteiger partial charge in [-0.1, -0.05) is 54.1 Å². The lowest BCUT2D eigenvalue weighted by atomic mass is 10.1. The molecule has 126 valence electrons. The van der Waals surface area contributed by atoms with Gasteiger partial charge in [0.1, 0.15) is 11.6 Å². The van der Waals surface area contributed by atoms with Crippen LogP contribution in [0.3, 0.4) is 0 Å². The van der Waals surface area contributed by atoms with Crippen LogP contribution in [0.2, 0.25) is 5.02 Å². The smallest absolute Gasteiger partial charge is 0.262 e. The molecule has 5 heteroatoms. The molecular formula is C20H15ClFNO2. The molecule has 1 amide bonds. The summed E-state index contributed by atoms with van der Waals surface area (Å²) in [6, 6.07) is 20.9. The number of carbonyl (C=O) groups is 1. The first-order chi connectivity index (χ1) is 12.1. The van der Waals surface area contributed by atoms with Gasteiger partial charge in [0.2, 0.25) is 0 Å². The number of benzene rings is 3. The zero-order valence-corrected chi connectivity index (χ0v) is 14.0. The SMILES string of the molecule is O=C(COc1ccc(-c2ccccc2)cc1Cl)Nc1cccc(F)c1. The van der Waals surface area contributed by atoms with E-state index in [0.717, 1.165) is 11.1 Å². The van der Waals surface area contributed by atoms with Crippen molar-refractivity contribution in [2.45, 2.75) is 0 Å². The fourth-order valence-corrected chi connectivity index (χ4v) is 2.57. The van der Waals surface area contributed by atoms with Crippen molar-refractivity contribution in [3.8, 4) is 16.9 Å². The summed E-state index contributed by atoms with van der Waals surface area (Å²) < 4.78 is 18.6. The molecule has 0 unspecified atom stereocenters. The predicted molar refractivity (Wildman–Crippen MR) is 97.4 cm³/mol. The molecule has 0 aliphatic rings. The molecule has 0 heterocycles. The maximum absolute atomic E-state index is 13.1. The summed E-state index contributed by atoms with van der Waals surface area (Å²) in [5.74, 6) is -0.400. The van der Waals surface area contributed by atoms with Crippen LogP contribution in [-0.4, -0.2) is 12.5 Å². The predicted octanol–water partition coefficient (Wildman–Crippen LogP) is 5.16. The van der Waals surface area contributed by atoms with Gasteiger partial charge in [-0.3, -0.25) is 4.79 Å². The highest BCUT2D eigenvalue weighted by atomic mass is 35.5. The minimum absolute atomic E-state index is 0.221. The van der Waals surface area contributed by atoms with Crippen molar-refractivity contribution < 1.29 is 13.9 Å². The molecule has 3 nitrogen and oxygen atoms in total. The number of ether oxygens (including phenoxy) is 1. The third-order valence-electron chi connectivity index (χ3n) is 3.51. The maximum Gasteiger partial charge on any atom is 0.262 e. The zero-order valence-electron chi connectivity index (χ0n) is 13.2. The molecule has 3 aromatic carbocycles. The fraction of sp³-hybridized carbons (Fsp3) is 0.0500. The van der Waals surface area contributed by atoms with Crippen molar-refractivity contribution in [3.05, 3.63) is 83.6 Å². The second-order valence-corrected chi connectivity index (χ2v) is 5.77. The summed E-state index contributed by atoms with van der Waals surface area (Å²) in [6.45, 7) is -0.221. The van der Waals surface area contributed by atoms with Crippen LogP contribution >= 0.6 is 11.6 Å². The highest BCUT2D eigenvalue weighted by molar-refractivity contribution is 6.32. The molecule has 25 heavy (non-hydrogen) atoms. The van der Waals surface area contributed by atoms with E-state index in [1.165, 1.54) is 18.2 Å². The Hall–Kier alpha value is -2.85. The van der Waals surface area contributed by atoms with Gasteiger partial charge < -0.3 is 10.1 Å². The molecule has 3 rings (SSSR count). The van der Waals surface area contributed by atoms with E-state index in [4.69, 9.17) is 16.3 Å². The van der Waals surface area contributed by atoms with E-state index in [1.54, 1.807) is 18.2 Å². The van der Waals surface area contributed by atoms with E-state index in [1.807, 2.05) is 36.4 Å². The maximum atomic E-state index is 13.1. The van der Waals surface area contributed by atoms with Crippen LogP contribution < -0.4 is 10.1 Å². The van der Waals surface area contributed by atoms with Crippen molar-refractivity contribution >= 4 is 23.2 Å². The molecule has 3 aromatic rings. The Kier molecular flexibility index (Phi) is 5.31. The Morgan fingerprint density at radius 1 is 0.960 bits per heavy atom. The summed E-state index contributed by atoms with van der Waals surface area (Å²) in [6.07, 6.45) is 0. The van der Waals surface area contributed by atoms with E-state index in [-0.39, 0.29) is 6.61 Å². The van der Waals surface area contributed by atoms with Crippen LogP contribution in [0.4, 0.5) is 10.1 Å². The van der Waals surface area contributed by atoms with Gasteiger partial charge in [0.25, 0.3) is 5.91 Å². The average molecular weight is 356 g/mol. The number of carbonyl (C=O) groups excluding carboxylic acids is 1. The van der Waals surface area contributed by atoms with Crippen molar-refractivity contribution in [2.75, 3.05) is 11.9 Å². The normalized spacial score (nSPS) is 10.3. The molecule has 0 radical (unpaired) electrons. The highest BCUT2D eigenvalue weighted by Gasteiger charge is 2.08. The summed E-state index contributed by atoms with van der Waals surface area (Å²) in [4.78, 5) is 11.9. The zero-order chi connectivity index (χ0) is 17.6. The fourth-order valence-electron chi connectivity index (χ4n) is 2.33. The first-order valence-electron chi connectivity index (χ1n) is 7.65. The number of halogens is 2. The molecule has 0 atom stereocenters. The Balaban J connectivity index is 1.62. The number of amides is 1. The number of nitrogens with one attached hydrogen (secondary N) is 1. The van der Waals surface area contributed by atoms with Crippen LogP contribution in [0.25, 0.3) is 11.1 Å². The molecule has 1 N–H and O–H groups in total. The van der Waals surface area contributed by atoms with E-state index in [2.05, 4.69) is 5.32 Å². The molecule has 0 spiro atoms. The summed E-state index contributed by atoms with van der Waals surface area (Å²) in [5.41, 5.74) is 2.38. The number of anilines is 1. The van der Waals surface area contributed by atoms with Crippen LogP contribution in [0, 0.1) is 5.82 Å². The molecule has 0 bridgehead atoms. The molecule has 0 aromatic heterocycles. The Morgan fingerprint density at radius 3 is 2.48 bits per heavy atom. The molecule has 0 aliphatic heterocycles. The van der Waals surface area contributed by atoms with Gasteiger partial charge in [-0.05, 0) is 41.5 Å². The van der Waals surface area contributed by atoms with Gasteiger partial charge in [-0.2, -0.15) is 0 Å². The first kappa shape index (κ1) is 17.0. The monoisotopic (exact) mass is 355 g/mol. The van der Waals surface area contributed by atoms with Crippen molar-refractivity contribution in [1.82, 2.24) is 0 Å². The van der Waals surface area contributed by atoms with Gasteiger partial charge in [-0.25, -0.2) is 4.39 Å². The largest absolute Gasteiger partial charge is 0.482 e. The van der Waals surface area contributed by atoms with E-state index < -0.39 is 11.7 Å². The van der Waals surface area contributed by atoms with Crippen LogP contribution in [-0.2, 0) is 4.79 Å². The number of hydrogen-bond acceptors (Lipinski definition) is 2. The lowest BCUT2D eigenvalue weighted by Gasteiger charge is -2.10. The number of rotatable bonds is 5. The van der Waals surface area contributed by atoms with E-state index >= 15 is 0 Å². The molecule has 0 saturated carbocycles. The molecule has 0 fully saturated rings. The quantitative estimate of drug-likeness (QED) is 0.686. The third-order valence-corrected chi connectivity index (χ3v) is 3.80. The lowest BCUT2D eigenvalue weighted by Crippen LogP contribution is -2.20. The first-order valence-corrected chi connectivity index (χ1v) is 8.03. The highest BCUT2D eigenvalue weighted by Crippen LogP contribution is 2.30.